The number of rotatable bonds is 1. The minimum Gasteiger partial charge on any atom is -0.501 e. The van der Waals surface area contributed by atoms with Crippen LogP contribution in [-0.2, 0) is 4.74 Å². The maximum Gasteiger partial charge on any atom is 0.410 e. The SMILES string of the molecule is CN(C(=O)OC(C)(C)C)C1CC2CNC(=O)c3c(O)c(=O)nc1n32. The van der Waals surface area contributed by atoms with Gasteiger partial charge in [0.2, 0.25) is 5.75 Å². The smallest absolute Gasteiger partial charge is 0.410 e. The van der Waals surface area contributed by atoms with E-state index in [1.165, 1.54) is 4.90 Å². The molecule has 0 saturated heterocycles. The number of carbonyl (C=O) groups excluding carboxylic acids is 2. The third kappa shape index (κ3) is 2.49. The lowest BCUT2D eigenvalue weighted by molar-refractivity contribution is 0.0213. The lowest BCUT2D eigenvalue weighted by Gasteiger charge is -2.28. The molecule has 130 valence electrons. The molecule has 2 atom stereocenters. The Morgan fingerprint density at radius 2 is 2.08 bits per heavy atom. The van der Waals surface area contributed by atoms with Crippen molar-refractivity contribution in [3.05, 3.63) is 21.9 Å². The first-order valence-electron chi connectivity index (χ1n) is 7.69. The zero-order valence-corrected chi connectivity index (χ0v) is 14.0. The summed E-state index contributed by atoms with van der Waals surface area (Å²) in [6.07, 6.45) is -0.0686. The number of amides is 2. The van der Waals surface area contributed by atoms with Crippen LogP contribution in [0.4, 0.5) is 4.79 Å². The second-order valence-corrected chi connectivity index (χ2v) is 7.05. The summed E-state index contributed by atoms with van der Waals surface area (Å²) in [7, 11) is 1.57. The van der Waals surface area contributed by atoms with Gasteiger partial charge in [-0.3, -0.25) is 9.59 Å². The predicted molar refractivity (Wildman–Crippen MR) is 82.9 cm³/mol. The molecule has 0 radical (unpaired) electrons. The van der Waals surface area contributed by atoms with Gasteiger partial charge in [-0.2, -0.15) is 4.98 Å². The van der Waals surface area contributed by atoms with E-state index in [1.54, 1.807) is 32.4 Å². The van der Waals surface area contributed by atoms with Crippen LogP contribution in [0.5, 0.6) is 5.75 Å². The van der Waals surface area contributed by atoms with Crippen LogP contribution in [0.3, 0.4) is 0 Å². The molecule has 2 aliphatic heterocycles. The van der Waals surface area contributed by atoms with Crippen molar-refractivity contribution < 1.29 is 19.4 Å². The van der Waals surface area contributed by atoms with Gasteiger partial charge in [-0.05, 0) is 27.2 Å². The molecule has 24 heavy (non-hydrogen) atoms. The van der Waals surface area contributed by atoms with Crippen molar-refractivity contribution in [2.45, 2.75) is 44.9 Å². The molecule has 0 fully saturated rings. The second kappa shape index (κ2) is 5.22. The molecule has 9 nitrogen and oxygen atoms in total. The number of hydrogen-bond acceptors (Lipinski definition) is 6. The molecule has 2 N–H and O–H groups in total. The minimum absolute atomic E-state index is 0.0960. The van der Waals surface area contributed by atoms with Gasteiger partial charge in [0.25, 0.3) is 5.91 Å². The predicted octanol–water partition coefficient (Wildman–Crippen LogP) is 0.545. The lowest BCUT2D eigenvalue weighted by atomic mass is 10.1. The van der Waals surface area contributed by atoms with Crippen molar-refractivity contribution >= 4 is 12.0 Å². The Bertz CT molecular complexity index is 779. The van der Waals surface area contributed by atoms with Gasteiger partial charge < -0.3 is 24.6 Å². The van der Waals surface area contributed by atoms with Gasteiger partial charge in [0.15, 0.2) is 5.69 Å². The maximum absolute atomic E-state index is 12.3. The topological polar surface area (TPSA) is 114 Å². The average Bonchev–Trinajstić information content (AvgIpc) is 2.82. The van der Waals surface area contributed by atoms with Crippen LogP contribution in [0.25, 0.3) is 0 Å². The Hall–Kier alpha value is -2.58. The van der Waals surface area contributed by atoms with Crippen LogP contribution in [0.15, 0.2) is 4.79 Å². The Labute approximate surface area is 138 Å². The highest BCUT2D eigenvalue weighted by atomic mass is 16.6. The van der Waals surface area contributed by atoms with Crippen LogP contribution in [0, 0.1) is 0 Å². The van der Waals surface area contributed by atoms with E-state index in [0.717, 1.165) is 0 Å². The van der Waals surface area contributed by atoms with Crippen LogP contribution < -0.4 is 10.9 Å². The van der Waals surface area contributed by atoms with E-state index in [-0.39, 0.29) is 11.7 Å². The molecule has 2 unspecified atom stereocenters. The Kier molecular flexibility index (Phi) is 3.54. The van der Waals surface area contributed by atoms with E-state index in [0.29, 0.717) is 18.8 Å². The second-order valence-electron chi connectivity index (χ2n) is 7.05. The molecule has 1 aromatic heterocycles. The summed E-state index contributed by atoms with van der Waals surface area (Å²) in [6, 6.07) is -0.689. The molecule has 0 aromatic carbocycles. The van der Waals surface area contributed by atoms with Gasteiger partial charge in [0, 0.05) is 13.6 Å². The molecular formula is C15H20N4O5. The molecular weight excluding hydrogens is 316 g/mol. The third-order valence-corrected chi connectivity index (χ3v) is 4.15. The molecule has 0 saturated carbocycles. The number of hydrogen-bond donors (Lipinski definition) is 2. The Morgan fingerprint density at radius 1 is 1.42 bits per heavy atom. The van der Waals surface area contributed by atoms with Crippen LogP contribution in [-0.4, -0.2) is 50.8 Å². The minimum atomic E-state index is -0.878. The quantitative estimate of drug-likeness (QED) is 0.774. The largest absolute Gasteiger partial charge is 0.501 e. The van der Waals surface area contributed by atoms with E-state index < -0.39 is 35.0 Å². The first-order valence-corrected chi connectivity index (χ1v) is 7.69. The van der Waals surface area contributed by atoms with Crippen molar-refractivity contribution in [3.63, 3.8) is 0 Å². The monoisotopic (exact) mass is 336 g/mol. The fourth-order valence-electron chi connectivity index (χ4n) is 3.09. The average molecular weight is 336 g/mol. The highest BCUT2D eigenvalue weighted by molar-refractivity contribution is 5.96. The summed E-state index contributed by atoms with van der Waals surface area (Å²) in [5, 5.41) is 12.6. The normalized spacial score (nSPS) is 21.9. The third-order valence-electron chi connectivity index (χ3n) is 4.15. The van der Waals surface area contributed by atoms with E-state index in [1.807, 2.05) is 0 Å². The van der Waals surface area contributed by atoms with Crippen molar-refractivity contribution in [1.29, 1.82) is 0 Å². The van der Waals surface area contributed by atoms with Crippen molar-refractivity contribution in [1.82, 2.24) is 19.8 Å². The summed E-state index contributed by atoms with van der Waals surface area (Å²) < 4.78 is 6.91. The number of carbonyl (C=O) groups is 2. The Morgan fingerprint density at radius 3 is 2.71 bits per heavy atom. The molecule has 1 aromatic rings. The van der Waals surface area contributed by atoms with Crippen molar-refractivity contribution in [3.8, 4) is 5.75 Å². The van der Waals surface area contributed by atoms with Crippen LogP contribution in [0.2, 0.25) is 0 Å². The summed E-state index contributed by atoms with van der Waals surface area (Å²) in [5.74, 6) is -0.896. The Balaban J connectivity index is 2.02. The van der Waals surface area contributed by atoms with E-state index in [4.69, 9.17) is 4.74 Å². The number of aromatic nitrogens is 2. The fraction of sp³-hybridized carbons (Fsp3) is 0.600. The molecule has 0 aliphatic carbocycles. The van der Waals surface area contributed by atoms with Gasteiger partial charge in [0.1, 0.15) is 11.4 Å². The number of aromatic hydroxyl groups is 1. The molecule has 2 aliphatic rings. The lowest BCUT2D eigenvalue weighted by Crippen LogP contribution is -2.40. The van der Waals surface area contributed by atoms with Gasteiger partial charge in [0.05, 0.1) is 12.1 Å². The van der Waals surface area contributed by atoms with Crippen LogP contribution in [0.1, 0.15) is 55.6 Å². The summed E-state index contributed by atoms with van der Waals surface area (Å²) >= 11 is 0. The highest BCUT2D eigenvalue weighted by Crippen LogP contribution is 2.40. The molecule has 3 heterocycles. The molecule has 0 spiro atoms. The fourth-order valence-corrected chi connectivity index (χ4v) is 3.09. The molecule has 2 amide bonds. The van der Waals surface area contributed by atoms with E-state index >= 15 is 0 Å². The number of ether oxygens (including phenoxy) is 1. The molecule has 9 heteroatoms. The van der Waals surface area contributed by atoms with Crippen molar-refractivity contribution in [2.24, 2.45) is 0 Å². The zero-order valence-electron chi connectivity index (χ0n) is 14.0. The van der Waals surface area contributed by atoms with Gasteiger partial charge in [-0.1, -0.05) is 0 Å². The van der Waals surface area contributed by atoms with E-state index in [9.17, 15) is 19.5 Å². The van der Waals surface area contributed by atoms with E-state index in [2.05, 4.69) is 10.3 Å². The first-order chi connectivity index (χ1) is 11.1. The first kappa shape index (κ1) is 16.3. The van der Waals surface area contributed by atoms with Gasteiger partial charge in [-0.25, -0.2) is 4.79 Å². The standard InChI is InChI=1S/C15H20N4O5/c1-15(2,3)24-14(23)18(4)8-5-7-6-16-12(21)9-10(20)13(22)17-11(8)19(7)9/h7-8,20H,5-6H2,1-4H3,(H,16,21). The molecule has 0 bridgehead atoms. The summed E-state index contributed by atoms with van der Waals surface area (Å²) in [4.78, 5) is 41.5. The highest BCUT2D eigenvalue weighted by Gasteiger charge is 2.43. The zero-order chi connectivity index (χ0) is 17.8. The van der Waals surface area contributed by atoms with Gasteiger partial charge in [-0.15, -0.1) is 0 Å². The number of nitrogens with zero attached hydrogens (tertiary/aromatic N) is 3. The molecule has 3 rings (SSSR count). The maximum atomic E-state index is 12.3. The van der Waals surface area contributed by atoms with Crippen molar-refractivity contribution in [2.75, 3.05) is 13.6 Å². The van der Waals surface area contributed by atoms with Gasteiger partial charge >= 0.3 is 11.7 Å². The van der Waals surface area contributed by atoms with Crippen LogP contribution >= 0.6 is 0 Å². The summed E-state index contributed by atoms with van der Waals surface area (Å²) in [6.45, 7) is 5.64. The number of nitrogens with one attached hydrogen (secondary N) is 1. The summed E-state index contributed by atoms with van der Waals surface area (Å²) in [5.41, 5.74) is -1.62.